The first-order valence-corrected chi connectivity index (χ1v) is 12.0. The topological polar surface area (TPSA) is 97.0 Å². The molecule has 0 radical (unpaired) electrons. The summed E-state index contributed by atoms with van der Waals surface area (Å²) in [4.78, 5) is 38.0. The third-order valence-electron chi connectivity index (χ3n) is 5.83. The first-order chi connectivity index (χ1) is 17.4. The first kappa shape index (κ1) is 23.4. The number of furan rings is 1. The third-order valence-corrected chi connectivity index (χ3v) is 6.74. The van der Waals surface area contributed by atoms with Crippen molar-refractivity contribution < 1.29 is 28.6 Å². The van der Waals surface area contributed by atoms with Crippen LogP contribution in [-0.4, -0.2) is 40.3 Å². The molecule has 4 aromatic rings. The molecule has 7 nitrogen and oxygen atoms in total. The molecule has 0 unspecified atom stereocenters. The Morgan fingerprint density at radius 2 is 1.86 bits per heavy atom. The van der Waals surface area contributed by atoms with Crippen LogP contribution in [0.25, 0.3) is 28.2 Å². The molecule has 180 valence electrons. The van der Waals surface area contributed by atoms with E-state index >= 15 is 0 Å². The molecule has 1 aromatic heterocycles. The maximum atomic E-state index is 12.9. The minimum Gasteiger partial charge on any atom is -0.491 e. The van der Waals surface area contributed by atoms with E-state index in [1.165, 1.54) is 11.0 Å². The molecule has 1 aliphatic heterocycles. The number of hydrogen-bond acceptors (Lipinski definition) is 6. The monoisotopic (exact) mass is 499 g/mol. The summed E-state index contributed by atoms with van der Waals surface area (Å²) < 4.78 is 11.8. The zero-order chi connectivity index (χ0) is 25.2. The van der Waals surface area contributed by atoms with E-state index < -0.39 is 11.9 Å². The molecule has 0 aliphatic carbocycles. The molecule has 0 bridgehead atoms. The summed E-state index contributed by atoms with van der Waals surface area (Å²) in [6, 6.07) is 21.8. The van der Waals surface area contributed by atoms with Gasteiger partial charge in [0.25, 0.3) is 11.1 Å². The predicted octanol–water partition coefficient (Wildman–Crippen LogP) is 6.22. The van der Waals surface area contributed by atoms with Crippen molar-refractivity contribution in [2.24, 2.45) is 0 Å². The Morgan fingerprint density at radius 3 is 2.67 bits per heavy atom. The molecular weight excluding hydrogens is 478 g/mol. The largest absolute Gasteiger partial charge is 0.491 e. The normalized spacial score (nSPS) is 14.7. The fourth-order valence-corrected chi connectivity index (χ4v) is 4.88. The molecule has 3 aromatic carbocycles. The van der Waals surface area contributed by atoms with Gasteiger partial charge in [-0.3, -0.25) is 14.5 Å². The summed E-state index contributed by atoms with van der Waals surface area (Å²) in [6.07, 6.45) is 1.54. The molecule has 8 heteroatoms. The van der Waals surface area contributed by atoms with Crippen molar-refractivity contribution in [1.29, 1.82) is 0 Å². The standard InChI is InChI=1S/C28H21NO6S/c1-17-15-19(27(31)32)9-11-21(17)24-12-10-20(35-24)16-25-26(30)29(28(33)36-25)13-14-34-23-8-4-6-18-5-2-3-7-22(18)23/h2-12,15-16H,13-14H2,1H3,(H,31,32)/b25-16-. The summed E-state index contributed by atoms with van der Waals surface area (Å²) in [6.45, 7) is 2.11. The SMILES string of the molecule is Cc1cc(C(=O)O)ccc1-c1ccc(/C=C2\SC(=O)N(CCOc3cccc4ccccc34)C2=O)o1. The number of carboxylic acid groups (broad SMARTS) is 1. The van der Waals surface area contributed by atoms with Gasteiger partial charge in [-0.1, -0.05) is 42.5 Å². The van der Waals surface area contributed by atoms with Crippen LogP contribution in [-0.2, 0) is 4.79 Å². The number of nitrogens with zero attached hydrogens (tertiary/aromatic N) is 1. The first-order valence-electron chi connectivity index (χ1n) is 11.2. The van der Waals surface area contributed by atoms with Crippen LogP contribution in [0.3, 0.4) is 0 Å². The molecule has 1 saturated heterocycles. The van der Waals surface area contributed by atoms with Crippen LogP contribution in [0.1, 0.15) is 21.7 Å². The number of aryl methyl sites for hydroxylation is 1. The van der Waals surface area contributed by atoms with Crippen LogP contribution in [0.5, 0.6) is 5.75 Å². The van der Waals surface area contributed by atoms with Gasteiger partial charge in [-0.15, -0.1) is 0 Å². The predicted molar refractivity (Wildman–Crippen MR) is 138 cm³/mol. The van der Waals surface area contributed by atoms with Crippen LogP contribution in [0, 0.1) is 6.92 Å². The zero-order valence-corrected chi connectivity index (χ0v) is 20.1. The molecule has 5 rings (SSSR count). The van der Waals surface area contributed by atoms with Gasteiger partial charge in [-0.05, 0) is 60.0 Å². The van der Waals surface area contributed by atoms with Crippen molar-refractivity contribution in [1.82, 2.24) is 4.90 Å². The molecular formula is C28H21NO6S. The molecule has 0 spiro atoms. The number of rotatable bonds is 7. The molecule has 0 saturated carbocycles. The molecule has 1 aliphatic rings. The van der Waals surface area contributed by atoms with E-state index in [4.69, 9.17) is 14.3 Å². The average Bonchev–Trinajstić information content (AvgIpc) is 3.43. The van der Waals surface area contributed by atoms with E-state index in [0.717, 1.165) is 33.7 Å². The Kier molecular flexibility index (Phi) is 6.35. The second-order valence-corrected chi connectivity index (χ2v) is 9.19. The van der Waals surface area contributed by atoms with Gasteiger partial charge in [0.05, 0.1) is 17.0 Å². The zero-order valence-electron chi connectivity index (χ0n) is 19.3. The second kappa shape index (κ2) is 9.75. The van der Waals surface area contributed by atoms with Gasteiger partial charge in [0.2, 0.25) is 0 Å². The lowest BCUT2D eigenvalue weighted by Gasteiger charge is -2.14. The Hall–Kier alpha value is -4.30. The van der Waals surface area contributed by atoms with E-state index in [9.17, 15) is 14.4 Å². The number of benzene rings is 3. The van der Waals surface area contributed by atoms with Crippen LogP contribution in [0.2, 0.25) is 0 Å². The average molecular weight is 500 g/mol. The number of aromatic carboxylic acids is 1. The van der Waals surface area contributed by atoms with Crippen molar-refractivity contribution in [3.8, 4) is 17.1 Å². The van der Waals surface area contributed by atoms with Gasteiger partial charge in [0.15, 0.2) is 0 Å². The summed E-state index contributed by atoms with van der Waals surface area (Å²) in [5.74, 6) is 0.266. The van der Waals surface area contributed by atoms with E-state index in [1.54, 1.807) is 37.3 Å². The summed E-state index contributed by atoms with van der Waals surface area (Å²) in [5, 5.41) is 10.8. The third kappa shape index (κ3) is 4.63. The van der Waals surface area contributed by atoms with Crippen molar-refractivity contribution in [2.45, 2.75) is 6.92 Å². The number of fused-ring (bicyclic) bond motifs is 1. The minimum atomic E-state index is -0.997. The number of thioether (sulfide) groups is 1. The Balaban J connectivity index is 1.26. The van der Waals surface area contributed by atoms with Crippen LogP contribution in [0.4, 0.5) is 4.79 Å². The van der Waals surface area contributed by atoms with Gasteiger partial charge in [-0.2, -0.15) is 0 Å². The highest BCUT2D eigenvalue weighted by Gasteiger charge is 2.35. The fraction of sp³-hybridized carbons (Fsp3) is 0.107. The highest BCUT2D eigenvalue weighted by molar-refractivity contribution is 8.18. The molecule has 2 heterocycles. The van der Waals surface area contributed by atoms with Crippen molar-refractivity contribution in [2.75, 3.05) is 13.2 Å². The molecule has 1 N–H and O–H groups in total. The van der Waals surface area contributed by atoms with Gasteiger partial charge in [0.1, 0.15) is 23.9 Å². The highest BCUT2D eigenvalue weighted by atomic mass is 32.2. The summed E-state index contributed by atoms with van der Waals surface area (Å²) in [5.41, 5.74) is 1.70. The second-order valence-electron chi connectivity index (χ2n) is 8.20. The number of carbonyl (C=O) groups excluding carboxylic acids is 2. The van der Waals surface area contributed by atoms with E-state index in [0.29, 0.717) is 17.3 Å². The van der Waals surface area contributed by atoms with Crippen LogP contribution < -0.4 is 4.74 Å². The van der Waals surface area contributed by atoms with Crippen molar-refractivity contribution >= 4 is 45.7 Å². The Labute approximate surface area is 211 Å². The lowest BCUT2D eigenvalue weighted by atomic mass is 10.0. The van der Waals surface area contributed by atoms with Gasteiger partial charge in [-0.25, -0.2) is 4.79 Å². The number of ether oxygens (including phenoxy) is 1. The van der Waals surface area contributed by atoms with Gasteiger partial charge < -0.3 is 14.3 Å². The lowest BCUT2D eigenvalue weighted by molar-refractivity contribution is -0.123. The number of carboxylic acids is 1. The Bertz CT molecular complexity index is 1530. The molecule has 1 fully saturated rings. The smallest absolute Gasteiger partial charge is 0.335 e. The van der Waals surface area contributed by atoms with Crippen LogP contribution >= 0.6 is 11.8 Å². The maximum Gasteiger partial charge on any atom is 0.335 e. The molecule has 2 amide bonds. The van der Waals surface area contributed by atoms with E-state index in [1.807, 2.05) is 42.5 Å². The van der Waals surface area contributed by atoms with Crippen molar-refractivity contribution in [3.05, 3.63) is 94.6 Å². The highest BCUT2D eigenvalue weighted by Crippen LogP contribution is 2.34. The number of carbonyl (C=O) groups is 3. The van der Waals surface area contributed by atoms with Crippen molar-refractivity contribution in [3.63, 3.8) is 0 Å². The molecule has 36 heavy (non-hydrogen) atoms. The lowest BCUT2D eigenvalue weighted by Crippen LogP contribution is -2.32. The number of hydrogen-bond donors (Lipinski definition) is 1. The maximum absolute atomic E-state index is 12.9. The Morgan fingerprint density at radius 1 is 1.06 bits per heavy atom. The molecule has 0 atom stereocenters. The summed E-state index contributed by atoms with van der Waals surface area (Å²) >= 11 is 0.857. The fourth-order valence-electron chi connectivity index (χ4n) is 4.04. The van der Waals surface area contributed by atoms with E-state index in [2.05, 4.69) is 0 Å². The van der Waals surface area contributed by atoms with E-state index in [-0.39, 0.29) is 28.9 Å². The summed E-state index contributed by atoms with van der Waals surface area (Å²) in [7, 11) is 0. The number of amides is 2. The quantitative estimate of drug-likeness (QED) is 0.301. The van der Waals surface area contributed by atoms with Crippen LogP contribution in [0.15, 0.2) is 82.1 Å². The van der Waals surface area contributed by atoms with Gasteiger partial charge >= 0.3 is 5.97 Å². The minimum absolute atomic E-state index is 0.129. The number of imide groups is 1. The van der Waals surface area contributed by atoms with Gasteiger partial charge in [0, 0.05) is 17.0 Å².